The van der Waals surface area contributed by atoms with E-state index in [1.807, 2.05) is 31.3 Å². The van der Waals surface area contributed by atoms with Crippen LogP contribution < -0.4 is 10.1 Å². The molecule has 0 spiro atoms. The van der Waals surface area contributed by atoms with E-state index in [-0.39, 0.29) is 0 Å². The van der Waals surface area contributed by atoms with E-state index >= 15 is 0 Å². The number of nitrogens with one attached hydrogen (secondary N) is 1. The molecule has 2 rings (SSSR count). The van der Waals surface area contributed by atoms with Crippen molar-refractivity contribution in [3.05, 3.63) is 34.7 Å². The van der Waals surface area contributed by atoms with E-state index in [0.717, 1.165) is 28.6 Å². The Hall–Kier alpha value is -1.39. The molecule has 16 heavy (non-hydrogen) atoms. The Kier molecular flexibility index (Phi) is 3.54. The number of rotatable bonds is 4. The molecule has 0 saturated heterocycles. The van der Waals surface area contributed by atoms with E-state index < -0.39 is 0 Å². The molecule has 0 fully saturated rings. The minimum Gasteiger partial charge on any atom is -0.497 e. The van der Waals surface area contributed by atoms with Gasteiger partial charge in [0.15, 0.2) is 0 Å². The molecule has 1 N–H and O–H groups in total. The number of benzene rings is 1. The predicted molar refractivity (Wildman–Crippen MR) is 66.9 cm³/mol. The summed E-state index contributed by atoms with van der Waals surface area (Å²) in [6, 6.07) is 7.95. The minimum absolute atomic E-state index is 0.820. The molecule has 1 aromatic heterocycles. The second-order valence-corrected chi connectivity index (χ2v) is 4.33. The van der Waals surface area contributed by atoms with Crippen molar-refractivity contribution in [1.29, 1.82) is 0 Å². The summed E-state index contributed by atoms with van der Waals surface area (Å²) in [5.74, 6) is 0.870. The number of hydrogen-bond donors (Lipinski definition) is 1. The molecule has 2 aromatic rings. The lowest BCUT2D eigenvalue weighted by Crippen LogP contribution is -2.04. The van der Waals surface area contributed by atoms with Crippen molar-refractivity contribution >= 4 is 11.3 Å². The Bertz CT molecular complexity index is 450. The summed E-state index contributed by atoms with van der Waals surface area (Å²) in [4.78, 5) is 4.54. The third kappa shape index (κ3) is 2.40. The molecule has 1 aromatic carbocycles. The molecule has 3 nitrogen and oxygen atoms in total. The Morgan fingerprint density at radius 3 is 2.69 bits per heavy atom. The number of methoxy groups -OCH3 is 1. The van der Waals surface area contributed by atoms with Crippen LogP contribution in [0.5, 0.6) is 5.75 Å². The zero-order chi connectivity index (χ0) is 11.4. The first kappa shape index (κ1) is 11.1. The summed E-state index contributed by atoms with van der Waals surface area (Å²) in [6.45, 7) is 0.820. The smallest absolute Gasteiger partial charge is 0.118 e. The van der Waals surface area contributed by atoms with Crippen LogP contribution in [0.3, 0.4) is 0 Å². The molecule has 0 amide bonds. The summed E-state index contributed by atoms with van der Waals surface area (Å²) < 4.78 is 5.12. The van der Waals surface area contributed by atoms with E-state index in [1.165, 1.54) is 0 Å². The number of ether oxygens (including phenoxy) is 1. The average Bonchev–Trinajstić information content (AvgIpc) is 2.78. The zero-order valence-corrected chi connectivity index (χ0v) is 10.2. The lowest BCUT2D eigenvalue weighted by molar-refractivity contribution is 0.415. The largest absolute Gasteiger partial charge is 0.497 e. The second-order valence-electron chi connectivity index (χ2n) is 3.39. The fourth-order valence-electron chi connectivity index (χ4n) is 1.44. The van der Waals surface area contributed by atoms with E-state index in [9.17, 15) is 0 Å². The molecule has 0 saturated carbocycles. The molecule has 84 valence electrons. The van der Waals surface area contributed by atoms with E-state index in [2.05, 4.69) is 15.7 Å². The van der Waals surface area contributed by atoms with Crippen LogP contribution in [0.25, 0.3) is 11.3 Å². The van der Waals surface area contributed by atoms with Gasteiger partial charge in [-0.15, -0.1) is 11.3 Å². The highest BCUT2D eigenvalue weighted by Gasteiger charge is 2.03. The predicted octanol–water partition coefficient (Wildman–Crippen LogP) is 2.54. The maximum atomic E-state index is 5.12. The maximum absolute atomic E-state index is 5.12. The van der Waals surface area contributed by atoms with Gasteiger partial charge < -0.3 is 10.1 Å². The van der Waals surface area contributed by atoms with Crippen LogP contribution in [0.15, 0.2) is 29.6 Å². The van der Waals surface area contributed by atoms with Gasteiger partial charge in [-0.25, -0.2) is 4.98 Å². The molecule has 0 aliphatic carbocycles. The highest BCUT2D eigenvalue weighted by Crippen LogP contribution is 2.23. The molecule has 1 heterocycles. The van der Waals surface area contributed by atoms with E-state index in [0.29, 0.717) is 0 Å². The van der Waals surface area contributed by atoms with Crippen LogP contribution in [0, 0.1) is 0 Å². The van der Waals surface area contributed by atoms with Crippen molar-refractivity contribution in [3.8, 4) is 17.0 Å². The molecular formula is C12H14N2OS. The summed E-state index contributed by atoms with van der Waals surface area (Å²) in [5, 5.41) is 6.28. The van der Waals surface area contributed by atoms with Crippen LogP contribution in [0.2, 0.25) is 0 Å². The van der Waals surface area contributed by atoms with E-state index in [4.69, 9.17) is 4.74 Å². The Morgan fingerprint density at radius 1 is 1.31 bits per heavy atom. The van der Waals surface area contributed by atoms with Crippen molar-refractivity contribution in [2.75, 3.05) is 14.2 Å². The number of thiazole rings is 1. The van der Waals surface area contributed by atoms with Gasteiger partial charge in [-0.05, 0) is 31.3 Å². The van der Waals surface area contributed by atoms with Gasteiger partial charge in [0.05, 0.1) is 12.8 Å². The lowest BCUT2D eigenvalue weighted by Gasteiger charge is -2.00. The van der Waals surface area contributed by atoms with Gasteiger partial charge in [-0.3, -0.25) is 0 Å². The number of nitrogens with zero attached hydrogens (tertiary/aromatic N) is 1. The number of hydrogen-bond acceptors (Lipinski definition) is 4. The van der Waals surface area contributed by atoms with Gasteiger partial charge in [0.1, 0.15) is 10.8 Å². The monoisotopic (exact) mass is 234 g/mol. The highest BCUT2D eigenvalue weighted by atomic mass is 32.1. The Morgan fingerprint density at radius 2 is 2.06 bits per heavy atom. The molecular weight excluding hydrogens is 220 g/mol. The number of aromatic nitrogens is 1. The topological polar surface area (TPSA) is 34.2 Å². The SMILES string of the molecule is CNCc1nc(-c2ccc(OC)cc2)cs1. The van der Waals surface area contributed by atoms with Crippen molar-refractivity contribution in [3.63, 3.8) is 0 Å². The van der Waals surface area contributed by atoms with Crippen molar-refractivity contribution in [2.45, 2.75) is 6.54 Å². The van der Waals surface area contributed by atoms with Gasteiger partial charge in [-0.2, -0.15) is 0 Å². The first-order chi connectivity index (χ1) is 7.83. The van der Waals surface area contributed by atoms with Crippen LogP contribution in [-0.2, 0) is 6.54 Å². The minimum atomic E-state index is 0.820. The summed E-state index contributed by atoms with van der Waals surface area (Å²) in [5.41, 5.74) is 2.15. The van der Waals surface area contributed by atoms with Crippen LogP contribution in [-0.4, -0.2) is 19.1 Å². The summed E-state index contributed by atoms with van der Waals surface area (Å²) in [7, 11) is 3.59. The van der Waals surface area contributed by atoms with Gasteiger partial charge in [0, 0.05) is 17.5 Å². The second kappa shape index (κ2) is 5.09. The van der Waals surface area contributed by atoms with Crippen molar-refractivity contribution < 1.29 is 4.74 Å². The highest BCUT2D eigenvalue weighted by molar-refractivity contribution is 7.09. The van der Waals surface area contributed by atoms with Gasteiger partial charge >= 0.3 is 0 Å². The van der Waals surface area contributed by atoms with Gasteiger partial charge in [0.25, 0.3) is 0 Å². The van der Waals surface area contributed by atoms with Crippen molar-refractivity contribution in [2.24, 2.45) is 0 Å². The third-order valence-corrected chi connectivity index (χ3v) is 3.11. The molecule has 0 radical (unpaired) electrons. The third-order valence-electron chi connectivity index (χ3n) is 2.27. The van der Waals surface area contributed by atoms with Crippen molar-refractivity contribution in [1.82, 2.24) is 10.3 Å². The normalized spacial score (nSPS) is 10.4. The fraction of sp³-hybridized carbons (Fsp3) is 0.250. The molecule has 0 aliphatic heterocycles. The molecule has 0 bridgehead atoms. The summed E-state index contributed by atoms with van der Waals surface area (Å²) in [6.07, 6.45) is 0. The van der Waals surface area contributed by atoms with Crippen LogP contribution in [0.4, 0.5) is 0 Å². The maximum Gasteiger partial charge on any atom is 0.118 e. The fourth-order valence-corrected chi connectivity index (χ4v) is 2.25. The van der Waals surface area contributed by atoms with E-state index in [1.54, 1.807) is 18.4 Å². The molecule has 0 unspecified atom stereocenters. The zero-order valence-electron chi connectivity index (χ0n) is 9.36. The molecule has 0 atom stereocenters. The quantitative estimate of drug-likeness (QED) is 0.882. The standard InChI is InChI=1S/C12H14N2OS/c1-13-7-12-14-11(8-16-12)9-3-5-10(15-2)6-4-9/h3-6,8,13H,7H2,1-2H3. The van der Waals surface area contributed by atoms with Gasteiger partial charge in [-0.1, -0.05) is 0 Å². The average molecular weight is 234 g/mol. The summed E-state index contributed by atoms with van der Waals surface area (Å²) >= 11 is 1.67. The van der Waals surface area contributed by atoms with Crippen LogP contribution in [0.1, 0.15) is 5.01 Å². The lowest BCUT2D eigenvalue weighted by atomic mass is 10.2. The van der Waals surface area contributed by atoms with Crippen LogP contribution >= 0.6 is 11.3 Å². The molecule has 0 aliphatic rings. The first-order valence-corrected chi connectivity index (χ1v) is 5.95. The first-order valence-electron chi connectivity index (χ1n) is 5.07. The molecule has 4 heteroatoms. The van der Waals surface area contributed by atoms with Gasteiger partial charge in [0.2, 0.25) is 0 Å². The Balaban J connectivity index is 2.21. The Labute approximate surface area is 99.1 Å².